The van der Waals surface area contributed by atoms with Gasteiger partial charge in [-0.3, -0.25) is 19.6 Å². The second kappa shape index (κ2) is 7.32. The maximum Gasteiger partial charge on any atom is 0.270 e. The monoisotopic (exact) mass is 374 g/mol. The molecule has 7 nitrogen and oxygen atoms in total. The van der Waals surface area contributed by atoms with Gasteiger partial charge in [-0.25, -0.2) is 4.39 Å². The molecule has 1 amide bonds. The van der Waals surface area contributed by atoms with Crippen molar-refractivity contribution >= 4 is 29.0 Å². The fourth-order valence-corrected chi connectivity index (χ4v) is 2.53. The number of nitro groups is 1. The Morgan fingerprint density at radius 3 is 2.77 bits per heavy atom. The molecule has 26 heavy (non-hydrogen) atoms. The summed E-state index contributed by atoms with van der Waals surface area (Å²) in [4.78, 5) is 22.4. The standard InChI is InChI=1S/C17H12ClFN4O3/c18-14-5-2-6-15(19)13(14)10-22-8-7-16(21-22)20-17(24)11-3-1-4-12(9-11)23(25)26/h1-9H,10H2,(H,20,21,24). The molecule has 0 atom stereocenters. The van der Waals surface area contributed by atoms with E-state index in [0.29, 0.717) is 0 Å². The molecule has 0 bridgehead atoms. The van der Waals surface area contributed by atoms with Crippen LogP contribution in [0.1, 0.15) is 15.9 Å². The second-order valence-corrected chi connectivity index (χ2v) is 5.77. The summed E-state index contributed by atoms with van der Waals surface area (Å²) in [6.45, 7) is 0.0954. The Balaban J connectivity index is 1.73. The molecule has 0 aliphatic rings. The quantitative estimate of drug-likeness (QED) is 0.542. The zero-order valence-electron chi connectivity index (χ0n) is 13.2. The summed E-state index contributed by atoms with van der Waals surface area (Å²) in [6.07, 6.45) is 1.56. The van der Waals surface area contributed by atoms with Crippen LogP contribution in [0.3, 0.4) is 0 Å². The van der Waals surface area contributed by atoms with Crippen molar-refractivity contribution in [1.82, 2.24) is 9.78 Å². The molecule has 3 rings (SSSR count). The number of non-ortho nitro benzene ring substituents is 1. The summed E-state index contributed by atoms with van der Waals surface area (Å²) in [5.41, 5.74) is 0.233. The fourth-order valence-electron chi connectivity index (χ4n) is 2.31. The lowest BCUT2D eigenvalue weighted by Crippen LogP contribution is -2.13. The minimum Gasteiger partial charge on any atom is -0.305 e. The van der Waals surface area contributed by atoms with Crippen molar-refractivity contribution in [2.45, 2.75) is 6.54 Å². The number of hydrogen-bond donors (Lipinski definition) is 1. The van der Waals surface area contributed by atoms with E-state index in [9.17, 15) is 19.3 Å². The topological polar surface area (TPSA) is 90.1 Å². The number of carbonyl (C=O) groups excluding carboxylic acids is 1. The van der Waals surface area contributed by atoms with Crippen molar-refractivity contribution in [3.05, 3.63) is 86.8 Å². The van der Waals surface area contributed by atoms with E-state index in [1.807, 2.05) is 0 Å². The maximum atomic E-state index is 13.8. The van der Waals surface area contributed by atoms with Gasteiger partial charge in [-0.2, -0.15) is 5.10 Å². The van der Waals surface area contributed by atoms with Crippen LogP contribution in [0.2, 0.25) is 5.02 Å². The van der Waals surface area contributed by atoms with E-state index in [1.165, 1.54) is 47.1 Å². The largest absolute Gasteiger partial charge is 0.305 e. The lowest BCUT2D eigenvalue weighted by molar-refractivity contribution is -0.384. The summed E-state index contributed by atoms with van der Waals surface area (Å²) in [7, 11) is 0. The molecule has 0 saturated carbocycles. The van der Waals surface area contributed by atoms with Crippen LogP contribution in [0.15, 0.2) is 54.7 Å². The van der Waals surface area contributed by atoms with Crippen LogP contribution in [0, 0.1) is 15.9 Å². The molecule has 1 heterocycles. The first-order chi connectivity index (χ1) is 12.4. The van der Waals surface area contributed by atoms with Crippen LogP contribution in [0.4, 0.5) is 15.9 Å². The van der Waals surface area contributed by atoms with Crippen LogP contribution in [0.5, 0.6) is 0 Å². The predicted molar refractivity (Wildman–Crippen MR) is 93.8 cm³/mol. The average molecular weight is 375 g/mol. The molecule has 0 saturated heterocycles. The third-order valence-corrected chi connectivity index (χ3v) is 3.94. The zero-order valence-corrected chi connectivity index (χ0v) is 14.0. The molecule has 132 valence electrons. The summed E-state index contributed by atoms with van der Waals surface area (Å²) >= 11 is 5.99. The van der Waals surface area contributed by atoms with Gasteiger partial charge in [0.05, 0.1) is 11.5 Å². The smallest absolute Gasteiger partial charge is 0.270 e. The third-order valence-electron chi connectivity index (χ3n) is 3.58. The summed E-state index contributed by atoms with van der Waals surface area (Å²) in [6, 6.07) is 11.3. The van der Waals surface area contributed by atoms with Gasteiger partial charge in [0, 0.05) is 40.5 Å². The molecular formula is C17H12ClFN4O3. The first-order valence-corrected chi connectivity index (χ1v) is 7.84. The summed E-state index contributed by atoms with van der Waals surface area (Å²) < 4.78 is 15.3. The van der Waals surface area contributed by atoms with Crippen LogP contribution in [0.25, 0.3) is 0 Å². The van der Waals surface area contributed by atoms with E-state index in [0.717, 1.165) is 0 Å². The molecule has 1 N–H and O–H groups in total. The fraction of sp³-hybridized carbons (Fsp3) is 0.0588. The molecule has 1 aromatic heterocycles. The molecule has 0 aliphatic heterocycles. The van der Waals surface area contributed by atoms with E-state index < -0.39 is 16.6 Å². The zero-order chi connectivity index (χ0) is 18.7. The van der Waals surface area contributed by atoms with Crippen LogP contribution >= 0.6 is 11.6 Å². The van der Waals surface area contributed by atoms with E-state index in [4.69, 9.17) is 11.6 Å². The lowest BCUT2D eigenvalue weighted by Gasteiger charge is -2.06. The highest BCUT2D eigenvalue weighted by Crippen LogP contribution is 2.20. The van der Waals surface area contributed by atoms with Crippen molar-refractivity contribution < 1.29 is 14.1 Å². The predicted octanol–water partition coefficient (Wildman–Crippen LogP) is 3.88. The van der Waals surface area contributed by atoms with E-state index in [2.05, 4.69) is 10.4 Å². The van der Waals surface area contributed by atoms with Gasteiger partial charge in [0.25, 0.3) is 11.6 Å². The van der Waals surface area contributed by atoms with Crippen molar-refractivity contribution in [2.75, 3.05) is 5.32 Å². The van der Waals surface area contributed by atoms with Crippen LogP contribution in [-0.4, -0.2) is 20.6 Å². The lowest BCUT2D eigenvalue weighted by atomic mass is 10.2. The van der Waals surface area contributed by atoms with Crippen molar-refractivity contribution in [3.63, 3.8) is 0 Å². The Hall–Kier alpha value is -3.26. The first-order valence-electron chi connectivity index (χ1n) is 7.46. The summed E-state index contributed by atoms with van der Waals surface area (Å²) in [5, 5.41) is 17.7. The number of anilines is 1. The minimum absolute atomic E-state index is 0.0954. The summed E-state index contributed by atoms with van der Waals surface area (Å²) in [5.74, 6) is -0.757. The maximum absolute atomic E-state index is 13.8. The number of nitrogens with zero attached hydrogens (tertiary/aromatic N) is 3. The number of aromatic nitrogens is 2. The molecule has 3 aromatic rings. The molecule has 2 aromatic carbocycles. The third kappa shape index (κ3) is 3.86. The van der Waals surface area contributed by atoms with Gasteiger partial charge in [-0.15, -0.1) is 0 Å². The van der Waals surface area contributed by atoms with Gasteiger partial charge >= 0.3 is 0 Å². The number of nitro benzene ring substituents is 1. The first kappa shape index (κ1) is 17.6. The van der Waals surface area contributed by atoms with Crippen molar-refractivity contribution in [1.29, 1.82) is 0 Å². The van der Waals surface area contributed by atoms with Gasteiger partial charge in [0.2, 0.25) is 0 Å². The number of amides is 1. The number of benzene rings is 2. The molecule has 0 unspecified atom stereocenters. The van der Waals surface area contributed by atoms with Gasteiger partial charge in [-0.05, 0) is 18.2 Å². The van der Waals surface area contributed by atoms with Crippen LogP contribution in [-0.2, 0) is 6.54 Å². The van der Waals surface area contributed by atoms with E-state index in [-0.39, 0.29) is 34.2 Å². The van der Waals surface area contributed by atoms with Crippen LogP contribution < -0.4 is 5.32 Å². The molecule has 0 aliphatic carbocycles. The number of rotatable bonds is 5. The molecular weight excluding hydrogens is 363 g/mol. The number of hydrogen-bond acceptors (Lipinski definition) is 4. The molecule has 0 spiro atoms. The van der Waals surface area contributed by atoms with Gasteiger partial charge in [0.1, 0.15) is 5.82 Å². The van der Waals surface area contributed by atoms with Gasteiger partial charge < -0.3 is 5.32 Å². The average Bonchev–Trinajstić information content (AvgIpc) is 3.05. The Morgan fingerprint density at radius 1 is 1.27 bits per heavy atom. The normalized spacial score (nSPS) is 10.5. The highest BCUT2D eigenvalue weighted by molar-refractivity contribution is 6.31. The number of nitrogens with one attached hydrogen (secondary N) is 1. The Kier molecular flexibility index (Phi) is 4.94. The molecule has 0 radical (unpaired) electrons. The Labute approximate surface area is 152 Å². The van der Waals surface area contributed by atoms with Crippen molar-refractivity contribution in [3.8, 4) is 0 Å². The van der Waals surface area contributed by atoms with E-state index in [1.54, 1.807) is 12.3 Å². The Bertz CT molecular complexity index is 969. The SMILES string of the molecule is O=C(Nc1ccn(Cc2c(F)cccc2Cl)n1)c1cccc([N+](=O)[O-])c1. The second-order valence-electron chi connectivity index (χ2n) is 5.36. The Morgan fingerprint density at radius 2 is 2.04 bits per heavy atom. The van der Waals surface area contributed by atoms with Gasteiger partial charge in [-0.1, -0.05) is 23.7 Å². The number of carbonyl (C=O) groups is 1. The van der Waals surface area contributed by atoms with Gasteiger partial charge in [0.15, 0.2) is 5.82 Å². The minimum atomic E-state index is -0.580. The molecule has 9 heteroatoms. The highest BCUT2D eigenvalue weighted by Gasteiger charge is 2.13. The highest BCUT2D eigenvalue weighted by atomic mass is 35.5. The van der Waals surface area contributed by atoms with E-state index >= 15 is 0 Å². The number of halogens is 2. The molecule has 0 fully saturated rings. The van der Waals surface area contributed by atoms with Crippen molar-refractivity contribution in [2.24, 2.45) is 0 Å².